The van der Waals surface area contributed by atoms with Crippen LogP contribution in [0.2, 0.25) is 0 Å². The zero-order valence-corrected chi connectivity index (χ0v) is 12.7. The van der Waals surface area contributed by atoms with Gasteiger partial charge in [0, 0.05) is 48.7 Å². The highest BCUT2D eigenvalue weighted by atomic mass is 32.2. The van der Waals surface area contributed by atoms with Crippen molar-refractivity contribution in [2.45, 2.75) is 23.7 Å². The summed E-state index contributed by atoms with van der Waals surface area (Å²) in [5, 5.41) is 6.81. The van der Waals surface area contributed by atoms with Crippen molar-refractivity contribution in [3.8, 4) is 0 Å². The van der Waals surface area contributed by atoms with Crippen LogP contribution in [0.5, 0.6) is 0 Å². The molecule has 1 saturated carbocycles. The molecule has 0 atom stereocenters. The van der Waals surface area contributed by atoms with E-state index in [4.69, 9.17) is 0 Å². The smallest absolute Gasteiger partial charge is 0.0988 e. The lowest BCUT2D eigenvalue weighted by molar-refractivity contribution is 0.645. The molecular weight excluding hydrogens is 268 g/mol. The number of rotatable bonds is 4. The van der Waals surface area contributed by atoms with Crippen LogP contribution in [0.15, 0.2) is 51.9 Å². The van der Waals surface area contributed by atoms with Gasteiger partial charge in [-0.05, 0) is 31.0 Å². The van der Waals surface area contributed by atoms with Gasteiger partial charge < -0.3 is 4.90 Å². The minimum Gasteiger partial charge on any atom is -0.368 e. The molecule has 3 rings (SSSR count). The molecule has 106 valence electrons. The van der Waals surface area contributed by atoms with E-state index in [1.807, 2.05) is 55.5 Å². The third kappa shape index (κ3) is 5.48. The van der Waals surface area contributed by atoms with Crippen molar-refractivity contribution in [1.82, 2.24) is 15.1 Å². The summed E-state index contributed by atoms with van der Waals surface area (Å²) in [7, 11) is 3.91. The van der Waals surface area contributed by atoms with Gasteiger partial charge in [0.1, 0.15) is 0 Å². The SMILES string of the molecule is CN(C)/C=N/Sc1ccccc1.c1cc(C2CC2)[nH]n1. The highest BCUT2D eigenvalue weighted by Gasteiger charge is 2.24. The highest BCUT2D eigenvalue weighted by Crippen LogP contribution is 2.38. The summed E-state index contributed by atoms with van der Waals surface area (Å²) in [6.45, 7) is 0. The highest BCUT2D eigenvalue weighted by molar-refractivity contribution is 7.98. The molecule has 0 radical (unpaired) electrons. The number of benzene rings is 1. The van der Waals surface area contributed by atoms with E-state index in [0.29, 0.717) is 0 Å². The number of aromatic nitrogens is 2. The second kappa shape index (κ2) is 7.75. The molecule has 0 aliphatic heterocycles. The van der Waals surface area contributed by atoms with Gasteiger partial charge in [-0.1, -0.05) is 18.2 Å². The van der Waals surface area contributed by atoms with Crippen molar-refractivity contribution >= 4 is 18.3 Å². The van der Waals surface area contributed by atoms with Gasteiger partial charge in [-0.2, -0.15) is 5.10 Å². The first-order valence-electron chi connectivity index (χ1n) is 6.67. The first-order chi connectivity index (χ1) is 9.75. The summed E-state index contributed by atoms with van der Waals surface area (Å²) in [6, 6.07) is 12.1. The zero-order chi connectivity index (χ0) is 14.2. The average Bonchev–Trinajstić information content (AvgIpc) is 3.16. The predicted molar refractivity (Wildman–Crippen MR) is 85.0 cm³/mol. The second-order valence-corrected chi connectivity index (χ2v) is 5.74. The maximum absolute atomic E-state index is 4.16. The van der Waals surface area contributed by atoms with Crippen LogP contribution in [0.3, 0.4) is 0 Å². The third-order valence-corrected chi connectivity index (χ3v) is 3.40. The normalized spacial score (nSPS) is 13.9. The van der Waals surface area contributed by atoms with E-state index in [9.17, 15) is 0 Å². The Balaban J connectivity index is 0.000000157. The predicted octanol–water partition coefficient (Wildman–Crippen LogP) is 3.57. The molecule has 0 spiro atoms. The van der Waals surface area contributed by atoms with Crippen LogP contribution in [0.4, 0.5) is 0 Å². The van der Waals surface area contributed by atoms with Crippen molar-refractivity contribution in [2.75, 3.05) is 14.1 Å². The minimum absolute atomic E-state index is 0.817. The first kappa shape index (κ1) is 14.7. The summed E-state index contributed by atoms with van der Waals surface area (Å²) in [4.78, 5) is 3.08. The van der Waals surface area contributed by atoms with Gasteiger partial charge in [-0.3, -0.25) is 5.10 Å². The van der Waals surface area contributed by atoms with Crippen LogP contribution in [-0.2, 0) is 0 Å². The average molecular weight is 288 g/mol. The van der Waals surface area contributed by atoms with E-state index in [0.717, 1.165) is 10.8 Å². The Labute approximate surface area is 124 Å². The van der Waals surface area contributed by atoms with E-state index >= 15 is 0 Å². The molecule has 1 aliphatic rings. The number of H-pyrrole nitrogens is 1. The lowest BCUT2D eigenvalue weighted by atomic mass is 10.3. The molecule has 1 aliphatic carbocycles. The van der Waals surface area contributed by atoms with E-state index in [1.54, 1.807) is 6.34 Å². The third-order valence-electron chi connectivity index (χ3n) is 2.72. The first-order valence-corrected chi connectivity index (χ1v) is 7.44. The van der Waals surface area contributed by atoms with Crippen LogP contribution in [0.25, 0.3) is 0 Å². The minimum atomic E-state index is 0.817. The summed E-state index contributed by atoms with van der Waals surface area (Å²) in [6.07, 6.45) is 6.30. The molecule has 1 heterocycles. The van der Waals surface area contributed by atoms with Crippen LogP contribution in [0, 0.1) is 0 Å². The Hall–Kier alpha value is -1.75. The lowest BCUT2D eigenvalue weighted by Gasteiger charge is -2.00. The van der Waals surface area contributed by atoms with E-state index in [-0.39, 0.29) is 0 Å². The van der Waals surface area contributed by atoms with Gasteiger partial charge in [0.25, 0.3) is 0 Å². The fourth-order valence-corrected chi connectivity index (χ4v) is 2.18. The largest absolute Gasteiger partial charge is 0.368 e. The Kier molecular flexibility index (Phi) is 5.68. The molecule has 4 nitrogen and oxygen atoms in total. The van der Waals surface area contributed by atoms with E-state index in [1.165, 1.54) is 30.5 Å². The van der Waals surface area contributed by atoms with Gasteiger partial charge in [0.15, 0.2) is 0 Å². The molecule has 2 aromatic rings. The van der Waals surface area contributed by atoms with Gasteiger partial charge in [0.05, 0.1) is 6.34 Å². The van der Waals surface area contributed by atoms with Gasteiger partial charge in [-0.25, -0.2) is 4.40 Å². The number of nitrogens with zero attached hydrogens (tertiary/aromatic N) is 3. The number of aromatic amines is 1. The van der Waals surface area contributed by atoms with Gasteiger partial charge in [-0.15, -0.1) is 0 Å². The molecule has 20 heavy (non-hydrogen) atoms. The van der Waals surface area contributed by atoms with E-state index in [2.05, 4.69) is 20.7 Å². The molecule has 0 amide bonds. The monoisotopic (exact) mass is 288 g/mol. The number of hydrogen-bond acceptors (Lipinski definition) is 3. The maximum Gasteiger partial charge on any atom is 0.0988 e. The van der Waals surface area contributed by atoms with Crippen molar-refractivity contribution in [3.63, 3.8) is 0 Å². The molecule has 1 aromatic heterocycles. The summed E-state index contributed by atoms with van der Waals surface area (Å²) >= 11 is 1.48. The molecule has 0 saturated heterocycles. The molecular formula is C15H20N4S. The summed E-state index contributed by atoms with van der Waals surface area (Å²) in [5.41, 5.74) is 1.31. The van der Waals surface area contributed by atoms with Gasteiger partial charge >= 0.3 is 0 Å². The fraction of sp³-hybridized carbons (Fsp3) is 0.333. The quantitative estimate of drug-likeness (QED) is 0.531. The van der Waals surface area contributed by atoms with Crippen molar-refractivity contribution in [3.05, 3.63) is 48.3 Å². The van der Waals surface area contributed by atoms with Crippen molar-refractivity contribution in [2.24, 2.45) is 4.40 Å². The Morgan fingerprint density at radius 2 is 2.00 bits per heavy atom. The molecule has 0 unspecified atom stereocenters. The second-order valence-electron chi connectivity index (χ2n) is 4.88. The summed E-state index contributed by atoms with van der Waals surface area (Å²) < 4.78 is 4.16. The topological polar surface area (TPSA) is 44.3 Å². The van der Waals surface area contributed by atoms with Crippen molar-refractivity contribution < 1.29 is 0 Å². The van der Waals surface area contributed by atoms with Crippen LogP contribution in [0.1, 0.15) is 24.5 Å². The Morgan fingerprint density at radius 1 is 1.25 bits per heavy atom. The lowest BCUT2D eigenvalue weighted by Crippen LogP contribution is -2.06. The molecule has 1 fully saturated rings. The molecule has 1 aromatic carbocycles. The van der Waals surface area contributed by atoms with Crippen molar-refractivity contribution in [1.29, 1.82) is 0 Å². The molecule has 5 heteroatoms. The van der Waals surface area contributed by atoms with Crippen LogP contribution in [-0.4, -0.2) is 35.5 Å². The number of hydrogen-bond donors (Lipinski definition) is 1. The Morgan fingerprint density at radius 3 is 2.55 bits per heavy atom. The number of nitrogens with one attached hydrogen (secondary N) is 1. The zero-order valence-electron chi connectivity index (χ0n) is 11.9. The van der Waals surface area contributed by atoms with E-state index < -0.39 is 0 Å². The standard InChI is InChI=1S/C9H12N2S.C6H8N2/c1-11(2)8-10-12-9-6-4-3-5-7-9;1-2-5(1)6-3-4-7-8-6/h3-8H,1-2H3;3-5H,1-2H2,(H,7,8)/b10-8+;. The fourth-order valence-electron chi connectivity index (χ4n) is 1.55. The van der Waals surface area contributed by atoms with Gasteiger partial charge in [0.2, 0.25) is 0 Å². The van der Waals surface area contributed by atoms with Crippen LogP contribution >= 0.6 is 11.9 Å². The molecule has 1 N–H and O–H groups in total. The summed E-state index contributed by atoms with van der Waals surface area (Å²) in [5.74, 6) is 0.817. The van der Waals surface area contributed by atoms with Crippen LogP contribution < -0.4 is 0 Å². The molecule has 0 bridgehead atoms. The Bertz CT molecular complexity index is 504. The maximum atomic E-state index is 4.16.